The minimum atomic E-state index is 0.364. The highest BCUT2D eigenvalue weighted by Crippen LogP contribution is 2.23. The summed E-state index contributed by atoms with van der Waals surface area (Å²) < 4.78 is 2.01. The predicted molar refractivity (Wildman–Crippen MR) is 56.8 cm³/mol. The molecule has 0 N–H and O–H groups in total. The first-order chi connectivity index (χ1) is 6.61. The van der Waals surface area contributed by atoms with Crippen LogP contribution >= 0.6 is 11.6 Å². The molecule has 0 saturated heterocycles. The lowest BCUT2D eigenvalue weighted by Crippen LogP contribution is -2.04. The molecule has 74 valence electrons. The average Bonchev–Trinajstić information content (AvgIpc) is 2.43. The van der Waals surface area contributed by atoms with Gasteiger partial charge in [-0.15, -0.1) is 0 Å². The lowest BCUT2D eigenvalue weighted by molar-refractivity contribution is 0.735. The van der Waals surface area contributed by atoms with E-state index in [1.807, 2.05) is 17.4 Å². The van der Waals surface area contributed by atoms with Gasteiger partial charge in [-0.05, 0) is 13.0 Å². The van der Waals surface area contributed by atoms with E-state index >= 15 is 0 Å². The zero-order valence-electron chi connectivity index (χ0n) is 8.45. The molecule has 0 aliphatic rings. The lowest BCUT2D eigenvalue weighted by Gasteiger charge is -2.08. The van der Waals surface area contributed by atoms with E-state index in [1.54, 1.807) is 6.33 Å². The summed E-state index contributed by atoms with van der Waals surface area (Å²) in [4.78, 5) is 8.44. The monoisotopic (exact) mass is 209 g/mol. The van der Waals surface area contributed by atoms with Crippen LogP contribution in [0.3, 0.4) is 0 Å². The fourth-order valence-electron chi connectivity index (χ4n) is 1.60. The van der Waals surface area contributed by atoms with Crippen LogP contribution in [-0.2, 0) is 0 Å². The van der Waals surface area contributed by atoms with Crippen LogP contribution in [0.25, 0.3) is 5.65 Å². The maximum atomic E-state index is 6.04. The van der Waals surface area contributed by atoms with Gasteiger partial charge < -0.3 is 0 Å². The molecule has 2 aromatic rings. The molecule has 0 aliphatic carbocycles. The fraction of sp³-hybridized carbons (Fsp3) is 0.400. The molecular formula is C10H12ClN3. The molecular weight excluding hydrogens is 198 g/mol. The van der Waals surface area contributed by atoms with Gasteiger partial charge >= 0.3 is 0 Å². The Morgan fingerprint density at radius 2 is 2.07 bits per heavy atom. The van der Waals surface area contributed by atoms with Crippen molar-refractivity contribution in [1.29, 1.82) is 0 Å². The highest BCUT2D eigenvalue weighted by Gasteiger charge is 2.11. The molecule has 0 atom stereocenters. The number of halogens is 1. The van der Waals surface area contributed by atoms with Crippen LogP contribution in [0.4, 0.5) is 0 Å². The molecule has 0 aliphatic heterocycles. The van der Waals surface area contributed by atoms with Gasteiger partial charge in [0.2, 0.25) is 0 Å². The summed E-state index contributed by atoms with van der Waals surface area (Å²) in [5.41, 5.74) is 1.87. The molecule has 0 saturated carbocycles. The van der Waals surface area contributed by atoms with Crippen molar-refractivity contribution in [3.63, 3.8) is 0 Å². The first-order valence-electron chi connectivity index (χ1n) is 4.59. The van der Waals surface area contributed by atoms with Crippen molar-refractivity contribution in [1.82, 2.24) is 14.4 Å². The molecule has 0 fully saturated rings. The summed E-state index contributed by atoms with van der Waals surface area (Å²) in [6.45, 7) is 6.22. The molecule has 4 heteroatoms. The Balaban J connectivity index is 2.85. The third-order valence-electron chi connectivity index (χ3n) is 2.23. The van der Waals surface area contributed by atoms with Gasteiger partial charge in [0, 0.05) is 11.6 Å². The molecule has 0 unspecified atom stereocenters. The van der Waals surface area contributed by atoms with Crippen LogP contribution in [0.15, 0.2) is 12.4 Å². The van der Waals surface area contributed by atoms with Crippen molar-refractivity contribution < 1.29 is 0 Å². The molecule has 3 nitrogen and oxygen atoms in total. The standard InChI is InChI=1S/C10H12ClN3/c1-6(2)9-12-5-13-10-8(11)4-7(3)14(9)10/h4-6H,1-3H3. The Labute approximate surface area is 87.8 Å². The predicted octanol–water partition coefficient (Wildman–Crippen LogP) is 2.81. The van der Waals surface area contributed by atoms with Crippen molar-refractivity contribution >= 4 is 17.2 Å². The van der Waals surface area contributed by atoms with Gasteiger partial charge in [-0.2, -0.15) is 0 Å². The molecule has 0 amide bonds. The molecule has 14 heavy (non-hydrogen) atoms. The number of hydrogen-bond acceptors (Lipinski definition) is 2. The Hall–Kier alpha value is -1.09. The quantitative estimate of drug-likeness (QED) is 0.723. The maximum Gasteiger partial charge on any atom is 0.158 e. The minimum Gasteiger partial charge on any atom is -0.285 e. The van der Waals surface area contributed by atoms with Crippen molar-refractivity contribution in [2.24, 2.45) is 0 Å². The van der Waals surface area contributed by atoms with Crippen LogP contribution in [0.2, 0.25) is 5.02 Å². The zero-order valence-corrected chi connectivity index (χ0v) is 9.21. The van der Waals surface area contributed by atoms with Crippen LogP contribution < -0.4 is 0 Å². The van der Waals surface area contributed by atoms with E-state index in [0.29, 0.717) is 10.9 Å². The first kappa shape index (κ1) is 9.46. The van der Waals surface area contributed by atoms with E-state index in [4.69, 9.17) is 11.6 Å². The molecule has 2 aromatic heterocycles. The highest BCUT2D eigenvalue weighted by molar-refractivity contribution is 6.33. The number of aromatic nitrogens is 3. The zero-order chi connectivity index (χ0) is 10.3. The van der Waals surface area contributed by atoms with Crippen molar-refractivity contribution in [3.05, 3.63) is 28.9 Å². The second-order valence-corrected chi connectivity index (χ2v) is 4.09. The Bertz CT molecular complexity index is 473. The summed E-state index contributed by atoms with van der Waals surface area (Å²) in [7, 11) is 0. The Morgan fingerprint density at radius 1 is 1.36 bits per heavy atom. The largest absolute Gasteiger partial charge is 0.285 e. The lowest BCUT2D eigenvalue weighted by atomic mass is 10.2. The molecule has 2 heterocycles. The summed E-state index contributed by atoms with van der Waals surface area (Å²) in [6, 6.07) is 1.91. The fourth-order valence-corrected chi connectivity index (χ4v) is 1.89. The molecule has 0 bridgehead atoms. The molecule has 0 radical (unpaired) electrons. The van der Waals surface area contributed by atoms with Gasteiger partial charge in [-0.25, -0.2) is 9.97 Å². The Kier molecular flexibility index (Phi) is 2.19. The van der Waals surface area contributed by atoms with Gasteiger partial charge in [-0.3, -0.25) is 4.40 Å². The third-order valence-corrected chi connectivity index (χ3v) is 2.51. The van der Waals surface area contributed by atoms with Crippen molar-refractivity contribution in [3.8, 4) is 0 Å². The van der Waals surface area contributed by atoms with Gasteiger partial charge in [0.25, 0.3) is 0 Å². The van der Waals surface area contributed by atoms with E-state index in [-0.39, 0.29) is 0 Å². The number of fused-ring (bicyclic) bond motifs is 1. The summed E-state index contributed by atoms with van der Waals surface area (Å²) in [5, 5.41) is 0.687. The number of nitrogens with zero attached hydrogens (tertiary/aromatic N) is 3. The topological polar surface area (TPSA) is 30.2 Å². The summed E-state index contributed by atoms with van der Waals surface area (Å²) in [6.07, 6.45) is 1.57. The Morgan fingerprint density at radius 3 is 2.71 bits per heavy atom. The van der Waals surface area contributed by atoms with E-state index in [1.165, 1.54) is 0 Å². The van der Waals surface area contributed by atoms with E-state index in [0.717, 1.165) is 17.2 Å². The van der Waals surface area contributed by atoms with Crippen molar-refractivity contribution in [2.75, 3.05) is 0 Å². The van der Waals surface area contributed by atoms with Crippen LogP contribution in [0.5, 0.6) is 0 Å². The molecule has 0 spiro atoms. The van der Waals surface area contributed by atoms with Gasteiger partial charge in [-0.1, -0.05) is 25.4 Å². The first-order valence-corrected chi connectivity index (χ1v) is 4.97. The van der Waals surface area contributed by atoms with Crippen molar-refractivity contribution in [2.45, 2.75) is 26.7 Å². The van der Waals surface area contributed by atoms with E-state index in [9.17, 15) is 0 Å². The highest BCUT2D eigenvalue weighted by atomic mass is 35.5. The molecule has 2 rings (SSSR count). The SMILES string of the molecule is Cc1cc(Cl)c2ncnc(C(C)C)n12. The van der Waals surface area contributed by atoms with Gasteiger partial charge in [0.05, 0.1) is 5.02 Å². The number of aryl methyl sites for hydroxylation is 1. The van der Waals surface area contributed by atoms with Crippen LogP contribution in [0, 0.1) is 6.92 Å². The number of rotatable bonds is 1. The normalized spacial score (nSPS) is 11.5. The summed E-state index contributed by atoms with van der Waals surface area (Å²) >= 11 is 6.04. The van der Waals surface area contributed by atoms with E-state index in [2.05, 4.69) is 23.8 Å². The molecule has 0 aromatic carbocycles. The van der Waals surface area contributed by atoms with Gasteiger partial charge in [0.1, 0.15) is 12.2 Å². The van der Waals surface area contributed by atoms with Crippen LogP contribution in [-0.4, -0.2) is 14.4 Å². The minimum absolute atomic E-state index is 0.364. The smallest absolute Gasteiger partial charge is 0.158 e. The van der Waals surface area contributed by atoms with E-state index < -0.39 is 0 Å². The van der Waals surface area contributed by atoms with Gasteiger partial charge in [0.15, 0.2) is 5.65 Å². The second kappa shape index (κ2) is 3.24. The average molecular weight is 210 g/mol. The van der Waals surface area contributed by atoms with Crippen LogP contribution in [0.1, 0.15) is 31.3 Å². The number of hydrogen-bond donors (Lipinski definition) is 0. The maximum absolute atomic E-state index is 6.04. The second-order valence-electron chi connectivity index (χ2n) is 3.68. The third kappa shape index (κ3) is 1.28. The summed E-state index contributed by atoms with van der Waals surface area (Å²) in [5.74, 6) is 1.36.